The second kappa shape index (κ2) is 7.87. The largest absolute Gasteiger partial charge is 0.361 e. The van der Waals surface area contributed by atoms with Crippen LogP contribution in [0.1, 0.15) is 5.56 Å². The molecule has 0 spiro atoms. The maximum absolute atomic E-state index is 13.7. The van der Waals surface area contributed by atoms with Gasteiger partial charge in [0.1, 0.15) is 0 Å². The van der Waals surface area contributed by atoms with Crippen molar-refractivity contribution in [3.63, 3.8) is 0 Å². The third kappa shape index (κ3) is 3.22. The summed E-state index contributed by atoms with van der Waals surface area (Å²) >= 11 is 0. The molecule has 6 aromatic rings. The zero-order valence-corrected chi connectivity index (χ0v) is 19.2. The van der Waals surface area contributed by atoms with Crippen LogP contribution in [0.3, 0.4) is 0 Å². The Morgan fingerprint density at radius 3 is 2.56 bits per heavy atom. The van der Waals surface area contributed by atoms with Crippen LogP contribution in [0, 0.1) is 0 Å². The van der Waals surface area contributed by atoms with Crippen LogP contribution in [0.4, 0.5) is 0 Å². The Morgan fingerprint density at radius 1 is 0.824 bits per heavy atom. The number of hydrogen-bond acceptors (Lipinski definition) is 3. The van der Waals surface area contributed by atoms with Gasteiger partial charge >= 0.3 is 0 Å². The van der Waals surface area contributed by atoms with E-state index >= 15 is 0 Å². The summed E-state index contributed by atoms with van der Waals surface area (Å²) in [6, 6.07) is 27.5. The molecule has 0 saturated carbocycles. The molecule has 3 N–H and O–H groups in total. The lowest BCUT2D eigenvalue weighted by Gasteiger charge is -2.10. The van der Waals surface area contributed by atoms with Crippen LogP contribution in [0.15, 0.2) is 102 Å². The minimum atomic E-state index is -3.78. The van der Waals surface area contributed by atoms with Crippen LogP contribution in [-0.2, 0) is 16.4 Å². The highest BCUT2D eigenvalue weighted by Crippen LogP contribution is 2.34. The number of H-pyrrole nitrogens is 1. The first kappa shape index (κ1) is 20.7. The summed E-state index contributed by atoms with van der Waals surface area (Å²) in [7, 11) is -3.78. The molecular formula is C28H23N3O2S. The molecule has 0 bridgehead atoms. The molecule has 0 amide bonds. The van der Waals surface area contributed by atoms with Crippen molar-refractivity contribution in [1.82, 2.24) is 8.96 Å². The number of nitrogens with two attached hydrogens (primary N) is 1. The van der Waals surface area contributed by atoms with E-state index < -0.39 is 10.0 Å². The van der Waals surface area contributed by atoms with Gasteiger partial charge in [-0.2, -0.15) is 0 Å². The summed E-state index contributed by atoms with van der Waals surface area (Å²) in [6.07, 6.45) is 4.12. The van der Waals surface area contributed by atoms with E-state index in [9.17, 15) is 8.42 Å². The van der Waals surface area contributed by atoms with Crippen molar-refractivity contribution in [1.29, 1.82) is 0 Å². The molecule has 0 aliphatic rings. The zero-order chi connectivity index (χ0) is 23.3. The van der Waals surface area contributed by atoms with Gasteiger partial charge in [-0.3, -0.25) is 0 Å². The summed E-state index contributed by atoms with van der Waals surface area (Å²) in [5.74, 6) is 0. The van der Waals surface area contributed by atoms with Crippen molar-refractivity contribution in [3.05, 3.63) is 103 Å². The van der Waals surface area contributed by atoms with Crippen molar-refractivity contribution in [2.24, 2.45) is 5.73 Å². The molecule has 6 rings (SSSR count). The quantitative estimate of drug-likeness (QED) is 0.344. The lowest BCUT2D eigenvalue weighted by Crippen LogP contribution is -2.12. The van der Waals surface area contributed by atoms with E-state index in [1.54, 1.807) is 30.6 Å². The van der Waals surface area contributed by atoms with E-state index in [1.807, 2.05) is 30.3 Å². The molecule has 0 radical (unpaired) electrons. The molecule has 168 valence electrons. The molecule has 4 aromatic carbocycles. The minimum Gasteiger partial charge on any atom is -0.361 e. The predicted molar refractivity (Wildman–Crippen MR) is 139 cm³/mol. The van der Waals surface area contributed by atoms with E-state index in [0.717, 1.165) is 38.4 Å². The number of hydrogen-bond donors (Lipinski definition) is 2. The summed E-state index contributed by atoms with van der Waals surface area (Å²) in [6.45, 7) is 0.437. The van der Waals surface area contributed by atoms with Crippen molar-refractivity contribution >= 4 is 42.6 Å². The third-order valence-corrected chi connectivity index (χ3v) is 8.12. The van der Waals surface area contributed by atoms with E-state index in [1.165, 1.54) is 9.36 Å². The molecule has 6 heteroatoms. The van der Waals surface area contributed by atoms with Gasteiger partial charge in [0, 0.05) is 28.7 Å². The number of benzene rings is 4. The van der Waals surface area contributed by atoms with Gasteiger partial charge in [0.15, 0.2) is 0 Å². The average Bonchev–Trinajstić information content (AvgIpc) is 3.48. The van der Waals surface area contributed by atoms with Gasteiger partial charge in [-0.1, -0.05) is 48.5 Å². The topological polar surface area (TPSA) is 80.9 Å². The van der Waals surface area contributed by atoms with Crippen molar-refractivity contribution in [2.75, 3.05) is 6.54 Å². The fourth-order valence-electron chi connectivity index (χ4n) is 4.77. The van der Waals surface area contributed by atoms with E-state index in [0.29, 0.717) is 18.5 Å². The number of nitrogens with zero attached hydrogens (tertiary/aromatic N) is 1. The number of fused-ring (bicyclic) bond motifs is 3. The Labute approximate surface area is 197 Å². The maximum Gasteiger partial charge on any atom is 0.268 e. The van der Waals surface area contributed by atoms with E-state index in [2.05, 4.69) is 41.4 Å². The lowest BCUT2D eigenvalue weighted by molar-refractivity contribution is 0.589. The first-order valence-corrected chi connectivity index (χ1v) is 12.7. The fourth-order valence-corrected chi connectivity index (χ4v) is 6.20. The van der Waals surface area contributed by atoms with Crippen molar-refractivity contribution < 1.29 is 8.42 Å². The highest BCUT2D eigenvalue weighted by molar-refractivity contribution is 7.90. The number of aromatic nitrogens is 2. The SMILES string of the molecule is NCCc1cn(S(=O)(=O)c2ccc3[nH]ccc3c2)c2ccc(-c3cccc4ccccc34)cc12. The van der Waals surface area contributed by atoms with Gasteiger partial charge < -0.3 is 10.7 Å². The van der Waals surface area contributed by atoms with Gasteiger partial charge in [0.2, 0.25) is 0 Å². The summed E-state index contributed by atoms with van der Waals surface area (Å²) in [5.41, 5.74) is 10.5. The lowest BCUT2D eigenvalue weighted by atomic mass is 9.96. The van der Waals surface area contributed by atoms with Gasteiger partial charge in [-0.05, 0) is 76.8 Å². The smallest absolute Gasteiger partial charge is 0.268 e. The highest BCUT2D eigenvalue weighted by atomic mass is 32.2. The Hall–Kier alpha value is -3.87. The first-order chi connectivity index (χ1) is 16.6. The van der Waals surface area contributed by atoms with Gasteiger partial charge in [0.25, 0.3) is 10.0 Å². The number of nitrogens with one attached hydrogen (secondary N) is 1. The monoisotopic (exact) mass is 465 g/mol. The Morgan fingerprint density at radius 2 is 1.68 bits per heavy atom. The van der Waals surface area contributed by atoms with Crippen LogP contribution in [-0.4, -0.2) is 23.9 Å². The van der Waals surface area contributed by atoms with Crippen LogP contribution in [0.5, 0.6) is 0 Å². The van der Waals surface area contributed by atoms with Crippen LogP contribution < -0.4 is 5.73 Å². The molecule has 2 aromatic heterocycles. The molecule has 0 aliphatic carbocycles. The molecule has 0 saturated heterocycles. The van der Waals surface area contributed by atoms with Gasteiger partial charge in [-0.25, -0.2) is 12.4 Å². The first-order valence-electron chi connectivity index (χ1n) is 11.2. The Balaban J connectivity index is 1.55. The molecular weight excluding hydrogens is 442 g/mol. The van der Waals surface area contributed by atoms with Crippen molar-refractivity contribution in [3.8, 4) is 11.1 Å². The summed E-state index contributed by atoms with van der Waals surface area (Å²) in [4.78, 5) is 3.37. The fraction of sp³-hybridized carbons (Fsp3) is 0.0714. The van der Waals surface area contributed by atoms with E-state index in [4.69, 9.17) is 5.73 Å². The standard InChI is InChI=1S/C28H23N3O2S/c29-14-12-22-18-31(34(32,33)23-9-10-27-21(16-23)13-15-30-27)28-11-8-20(17-26(22)28)25-7-3-5-19-4-1-2-6-24(19)25/h1-11,13,15-18,30H,12,14,29H2. The number of aromatic amines is 1. The molecule has 0 unspecified atom stereocenters. The van der Waals surface area contributed by atoms with Crippen LogP contribution in [0.2, 0.25) is 0 Å². The third-order valence-electron chi connectivity index (χ3n) is 6.45. The average molecular weight is 466 g/mol. The minimum absolute atomic E-state index is 0.258. The molecule has 2 heterocycles. The highest BCUT2D eigenvalue weighted by Gasteiger charge is 2.22. The molecule has 5 nitrogen and oxygen atoms in total. The van der Waals surface area contributed by atoms with Gasteiger partial charge in [0.05, 0.1) is 10.4 Å². The summed E-state index contributed by atoms with van der Waals surface area (Å²) < 4.78 is 28.8. The second-order valence-electron chi connectivity index (χ2n) is 8.48. The molecule has 0 fully saturated rings. The van der Waals surface area contributed by atoms with Crippen molar-refractivity contribution in [2.45, 2.75) is 11.3 Å². The second-order valence-corrected chi connectivity index (χ2v) is 10.3. The molecule has 0 aliphatic heterocycles. The van der Waals surface area contributed by atoms with Gasteiger partial charge in [-0.15, -0.1) is 0 Å². The zero-order valence-electron chi connectivity index (χ0n) is 18.4. The number of rotatable bonds is 5. The van der Waals surface area contributed by atoms with E-state index in [-0.39, 0.29) is 4.90 Å². The Kier molecular flexibility index (Phi) is 4.79. The van der Waals surface area contributed by atoms with Crippen LogP contribution in [0.25, 0.3) is 43.7 Å². The maximum atomic E-state index is 13.7. The molecule has 34 heavy (non-hydrogen) atoms. The molecule has 0 atom stereocenters. The summed E-state index contributed by atoms with van der Waals surface area (Å²) in [5, 5.41) is 4.10. The predicted octanol–water partition coefficient (Wildman–Crippen LogP) is 5.68. The normalized spacial score (nSPS) is 12.1. The van der Waals surface area contributed by atoms with Crippen LogP contribution >= 0.6 is 0 Å². The Bertz CT molecular complexity index is 1790.